The van der Waals surface area contributed by atoms with Crippen molar-refractivity contribution in [2.75, 3.05) is 0 Å². The lowest BCUT2D eigenvalue weighted by atomic mass is 10.1. The van der Waals surface area contributed by atoms with E-state index in [9.17, 15) is 4.79 Å². The van der Waals surface area contributed by atoms with Crippen molar-refractivity contribution in [2.24, 2.45) is 0 Å². The maximum Gasteiger partial charge on any atom is 0.133 e. The highest BCUT2D eigenvalue weighted by molar-refractivity contribution is 14.1. The summed E-state index contributed by atoms with van der Waals surface area (Å²) in [6, 6.07) is 6.90. The number of phenols is 1. The first kappa shape index (κ1) is 9.51. The van der Waals surface area contributed by atoms with Crippen LogP contribution >= 0.6 is 22.6 Å². The third-order valence-corrected chi connectivity index (χ3v) is 2.25. The van der Waals surface area contributed by atoms with E-state index in [0.717, 1.165) is 18.3 Å². The summed E-state index contributed by atoms with van der Waals surface area (Å²) in [6.45, 7) is 0. The fraction of sp³-hybridized carbons (Fsp3) is 0.222. The van der Waals surface area contributed by atoms with Crippen LogP contribution in [0.5, 0.6) is 5.75 Å². The van der Waals surface area contributed by atoms with Crippen LogP contribution in [0.2, 0.25) is 0 Å². The molecule has 1 atom stereocenters. The Morgan fingerprint density at radius 3 is 2.50 bits per heavy atom. The third-order valence-electron chi connectivity index (χ3n) is 1.51. The van der Waals surface area contributed by atoms with Gasteiger partial charge < -0.3 is 9.90 Å². The van der Waals surface area contributed by atoms with E-state index in [-0.39, 0.29) is 9.67 Å². The molecule has 0 aliphatic heterocycles. The van der Waals surface area contributed by atoms with Crippen molar-refractivity contribution in [1.82, 2.24) is 0 Å². The minimum atomic E-state index is 0.0205. The molecular weight excluding hydrogens is 267 g/mol. The van der Waals surface area contributed by atoms with Crippen LogP contribution in [0.3, 0.4) is 0 Å². The molecule has 1 aromatic carbocycles. The number of rotatable bonds is 3. The summed E-state index contributed by atoms with van der Waals surface area (Å²) in [4.78, 5) is 10.3. The van der Waals surface area contributed by atoms with E-state index < -0.39 is 0 Å². The van der Waals surface area contributed by atoms with Crippen LogP contribution in [0.25, 0.3) is 0 Å². The SMILES string of the molecule is O=CC(I)Cc1ccc(O)cc1. The number of aromatic hydroxyl groups is 1. The number of carbonyl (C=O) groups is 1. The predicted octanol–water partition coefficient (Wildman–Crippen LogP) is 1.94. The Morgan fingerprint density at radius 1 is 1.42 bits per heavy atom. The summed E-state index contributed by atoms with van der Waals surface area (Å²) < 4.78 is 0.0205. The van der Waals surface area contributed by atoms with Gasteiger partial charge in [-0.1, -0.05) is 34.7 Å². The zero-order chi connectivity index (χ0) is 8.97. The topological polar surface area (TPSA) is 37.3 Å². The molecular formula is C9H9IO2. The number of halogens is 1. The van der Waals surface area contributed by atoms with Gasteiger partial charge >= 0.3 is 0 Å². The molecule has 0 spiro atoms. The van der Waals surface area contributed by atoms with Crippen molar-refractivity contribution in [2.45, 2.75) is 10.3 Å². The molecule has 2 nitrogen and oxygen atoms in total. The summed E-state index contributed by atoms with van der Waals surface area (Å²) >= 11 is 2.09. The molecule has 0 fully saturated rings. The van der Waals surface area contributed by atoms with Gasteiger partial charge in [0.2, 0.25) is 0 Å². The highest BCUT2D eigenvalue weighted by Gasteiger charge is 2.02. The monoisotopic (exact) mass is 276 g/mol. The number of hydrogen-bond acceptors (Lipinski definition) is 2. The molecule has 0 aliphatic carbocycles. The Kier molecular flexibility index (Phi) is 3.52. The smallest absolute Gasteiger partial charge is 0.133 e. The molecule has 1 unspecified atom stereocenters. The largest absolute Gasteiger partial charge is 0.508 e. The van der Waals surface area contributed by atoms with E-state index in [2.05, 4.69) is 22.6 Å². The Labute approximate surface area is 84.7 Å². The van der Waals surface area contributed by atoms with Crippen LogP contribution in [-0.2, 0) is 11.2 Å². The lowest BCUT2D eigenvalue weighted by Crippen LogP contribution is -2.02. The van der Waals surface area contributed by atoms with Crippen molar-refractivity contribution < 1.29 is 9.90 Å². The quantitative estimate of drug-likeness (QED) is 0.520. The Balaban J connectivity index is 2.64. The van der Waals surface area contributed by atoms with Crippen molar-refractivity contribution in [3.8, 4) is 5.75 Å². The molecule has 1 aromatic rings. The summed E-state index contributed by atoms with van der Waals surface area (Å²) in [5, 5.41) is 8.98. The average molecular weight is 276 g/mol. The second-order valence-electron chi connectivity index (χ2n) is 2.52. The Hall–Kier alpha value is -0.580. The fourth-order valence-electron chi connectivity index (χ4n) is 0.905. The lowest BCUT2D eigenvalue weighted by Gasteiger charge is -2.01. The average Bonchev–Trinajstić information content (AvgIpc) is 2.09. The van der Waals surface area contributed by atoms with Crippen LogP contribution in [0.1, 0.15) is 5.56 Å². The number of phenolic OH excluding ortho intramolecular Hbond substituents is 1. The van der Waals surface area contributed by atoms with Crippen molar-refractivity contribution in [3.63, 3.8) is 0 Å². The van der Waals surface area contributed by atoms with Crippen LogP contribution in [0, 0.1) is 0 Å². The maximum atomic E-state index is 10.3. The van der Waals surface area contributed by atoms with Crippen molar-refractivity contribution >= 4 is 28.9 Å². The molecule has 1 N–H and O–H groups in total. The van der Waals surface area contributed by atoms with Crippen LogP contribution in [0.15, 0.2) is 24.3 Å². The summed E-state index contributed by atoms with van der Waals surface area (Å²) in [5.41, 5.74) is 1.07. The summed E-state index contributed by atoms with van der Waals surface area (Å²) in [7, 11) is 0. The molecule has 0 bridgehead atoms. The molecule has 0 heterocycles. The first-order valence-electron chi connectivity index (χ1n) is 3.59. The molecule has 0 radical (unpaired) electrons. The van der Waals surface area contributed by atoms with Crippen LogP contribution in [0.4, 0.5) is 0 Å². The van der Waals surface area contributed by atoms with Gasteiger partial charge in [0.15, 0.2) is 0 Å². The summed E-state index contributed by atoms with van der Waals surface area (Å²) in [5.74, 6) is 0.259. The highest BCUT2D eigenvalue weighted by Crippen LogP contribution is 2.13. The zero-order valence-electron chi connectivity index (χ0n) is 6.40. The predicted molar refractivity (Wildman–Crippen MR) is 55.7 cm³/mol. The minimum absolute atomic E-state index is 0.0205. The number of carbonyl (C=O) groups excluding carboxylic acids is 1. The lowest BCUT2D eigenvalue weighted by molar-refractivity contribution is -0.107. The number of aldehydes is 1. The van der Waals surface area contributed by atoms with E-state index in [1.54, 1.807) is 12.1 Å². The fourth-order valence-corrected chi connectivity index (χ4v) is 1.41. The second-order valence-corrected chi connectivity index (χ2v) is 4.12. The van der Waals surface area contributed by atoms with Gasteiger partial charge in [0.1, 0.15) is 12.0 Å². The minimum Gasteiger partial charge on any atom is -0.508 e. The van der Waals surface area contributed by atoms with Gasteiger partial charge in [-0.2, -0.15) is 0 Å². The van der Waals surface area contributed by atoms with Crippen molar-refractivity contribution in [1.29, 1.82) is 0 Å². The first-order valence-corrected chi connectivity index (χ1v) is 4.84. The van der Waals surface area contributed by atoms with Crippen LogP contribution in [-0.4, -0.2) is 15.3 Å². The number of benzene rings is 1. The van der Waals surface area contributed by atoms with E-state index >= 15 is 0 Å². The molecule has 12 heavy (non-hydrogen) atoms. The van der Waals surface area contributed by atoms with E-state index in [0.29, 0.717) is 0 Å². The van der Waals surface area contributed by atoms with Gasteiger partial charge in [-0.05, 0) is 24.1 Å². The molecule has 0 aromatic heterocycles. The molecule has 0 amide bonds. The Bertz CT molecular complexity index is 256. The van der Waals surface area contributed by atoms with E-state index in [1.807, 2.05) is 12.1 Å². The summed E-state index contributed by atoms with van der Waals surface area (Å²) in [6.07, 6.45) is 1.65. The molecule has 3 heteroatoms. The van der Waals surface area contributed by atoms with Crippen molar-refractivity contribution in [3.05, 3.63) is 29.8 Å². The third kappa shape index (κ3) is 2.81. The molecule has 0 saturated carbocycles. The number of alkyl halides is 1. The van der Waals surface area contributed by atoms with Crippen LogP contribution < -0.4 is 0 Å². The van der Waals surface area contributed by atoms with Gasteiger partial charge in [-0.25, -0.2) is 0 Å². The Morgan fingerprint density at radius 2 is 2.00 bits per heavy atom. The van der Waals surface area contributed by atoms with Gasteiger partial charge in [-0.3, -0.25) is 0 Å². The van der Waals surface area contributed by atoms with Gasteiger partial charge in [0.25, 0.3) is 0 Å². The second kappa shape index (κ2) is 4.45. The molecule has 1 rings (SSSR count). The van der Waals surface area contributed by atoms with Gasteiger partial charge in [0.05, 0.1) is 3.92 Å². The molecule has 0 saturated heterocycles. The first-order chi connectivity index (χ1) is 5.72. The maximum absolute atomic E-state index is 10.3. The number of hydrogen-bond donors (Lipinski definition) is 1. The van der Waals surface area contributed by atoms with Gasteiger partial charge in [-0.15, -0.1) is 0 Å². The zero-order valence-corrected chi connectivity index (χ0v) is 8.56. The normalized spacial score (nSPS) is 12.4. The molecule has 0 aliphatic rings. The highest BCUT2D eigenvalue weighted by atomic mass is 127. The van der Waals surface area contributed by atoms with E-state index in [4.69, 9.17) is 5.11 Å². The van der Waals surface area contributed by atoms with Gasteiger partial charge in [0, 0.05) is 0 Å². The van der Waals surface area contributed by atoms with E-state index in [1.165, 1.54) is 0 Å². The molecule has 64 valence electrons. The standard InChI is InChI=1S/C9H9IO2/c10-8(6-11)5-7-1-3-9(12)4-2-7/h1-4,6,8,12H,5H2.